The van der Waals surface area contributed by atoms with Crippen LogP contribution in [-0.4, -0.2) is 39.5 Å². The Balaban J connectivity index is 1.81. The molecule has 0 aliphatic carbocycles. The van der Waals surface area contributed by atoms with Gasteiger partial charge in [0.1, 0.15) is 24.7 Å². The number of aromatic nitrogens is 2. The SMILES string of the molecule is CN1CN(C2c3ccccc3SCc3cccc(F)c32)n2ncc(=O)c(O)c2C1=O. The van der Waals surface area contributed by atoms with Crippen molar-refractivity contribution in [1.29, 1.82) is 0 Å². The summed E-state index contributed by atoms with van der Waals surface area (Å²) >= 11 is 1.61. The van der Waals surface area contributed by atoms with Crippen LogP contribution in [0.25, 0.3) is 0 Å². The van der Waals surface area contributed by atoms with Gasteiger partial charge in [0.25, 0.3) is 5.91 Å². The summed E-state index contributed by atoms with van der Waals surface area (Å²) < 4.78 is 15.2. The molecule has 1 N–H and O–H groups in total. The van der Waals surface area contributed by atoms with Gasteiger partial charge in [0, 0.05) is 23.3 Å². The number of benzene rings is 2. The van der Waals surface area contributed by atoms with E-state index >= 15 is 4.39 Å². The second kappa shape index (κ2) is 6.88. The minimum absolute atomic E-state index is 0.0958. The van der Waals surface area contributed by atoms with Crippen molar-refractivity contribution in [2.24, 2.45) is 0 Å². The van der Waals surface area contributed by atoms with Crippen molar-refractivity contribution in [2.75, 3.05) is 18.7 Å². The fourth-order valence-corrected chi connectivity index (χ4v) is 5.09. The third kappa shape index (κ3) is 2.69. The van der Waals surface area contributed by atoms with Gasteiger partial charge in [0.2, 0.25) is 5.43 Å². The van der Waals surface area contributed by atoms with E-state index in [0.717, 1.165) is 22.2 Å². The van der Waals surface area contributed by atoms with E-state index in [9.17, 15) is 14.7 Å². The van der Waals surface area contributed by atoms with Gasteiger partial charge in [-0.3, -0.25) is 14.6 Å². The lowest BCUT2D eigenvalue weighted by molar-refractivity contribution is 0.0715. The first kappa shape index (κ1) is 18.7. The number of thioether (sulfide) groups is 1. The predicted octanol–water partition coefficient (Wildman–Crippen LogP) is 2.46. The van der Waals surface area contributed by atoms with Crippen LogP contribution in [-0.2, 0) is 5.75 Å². The zero-order chi connectivity index (χ0) is 21.0. The van der Waals surface area contributed by atoms with Crippen molar-refractivity contribution >= 4 is 17.7 Å². The Morgan fingerprint density at radius 2 is 1.97 bits per heavy atom. The molecule has 152 valence electrons. The molecule has 1 aromatic heterocycles. The van der Waals surface area contributed by atoms with E-state index in [-0.39, 0.29) is 18.2 Å². The molecule has 30 heavy (non-hydrogen) atoms. The standard InChI is InChI=1S/C21H17FN4O3S/c1-24-11-25(26-19(21(24)29)20(28)15(27)9-23-26)18-13-6-2-3-8-16(13)30-10-12-5-4-7-14(22)17(12)18/h2-9,18,28H,10-11H2,1H3. The largest absolute Gasteiger partial charge is 0.502 e. The summed E-state index contributed by atoms with van der Waals surface area (Å²) in [5.74, 6) is -0.962. The summed E-state index contributed by atoms with van der Waals surface area (Å²) in [6.07, 6.45) is 0.962. The highest BCUT2D eigenvalue weighted by molar-refractivity contribution is 7.98. The lowest BCUT2D eigenvalue weighted by Gasteiger charge is -2.41. The third-order valence-electron chi connectivity index (χ3n) is 5.40. The molecule has 2 aliphatic rings. The minimum atomic E-state index is -0.742. The van der Waals surface area contributed by atoms with E-state index < -0.39 is 23.1 Å². The highest BCUT2D eigenvalue weighted by Crippen LogP contribution is 2.43. The number of fused-ring (bicyclic) bond motifs is 3. The summed E-state index contributed by atoms with van der Waals surface area (Å²) in [7, 11) is 1.56. The van der Waals surface area contributed by atoms with Crippen LogP contribution in [0.5, 0.6) is 5.75 Å². The summed E-state index contributed by atoms with van der Waals surface area (Å²) in [6, 6.07) is 12.1. The second-order valence-corrected chi connectivity index (χ2v) is 8.24. The van der Waals surface area contributed by atoms with Crippen molar-refractivity contribution in [1.82, 2.24) is 14.8 Å². The molecule has 7 nitrogen and oxygen atoms in total. The molecule has 9 heteroatoms. The smallest absolute Gasteiger partial charge is 0.279 e. The highest BCUT2D eigenvalue weighted by Gasteiger charge is 2.39. The van der Waals surface area contributed by atoms with E-state index in [1.165, 1.54) is 15.8 Å². The fraction of sp³-hybridized carbons (Fsp3) is 0.190. The maximum Gasteiger partial charge on any atom is 0.279 e. The number of hydrogen-bond acceptors (Lipinski definition) is 6. The van der Waals surface area contributed by atoms with Crippen LogP contribution in [0.15, 0.2) is 58.4 Å². The molecule has 1 unspecified atom stereocenters. The Morgan fingerprint density at radius 1 is 1.17 bits per heavy atom. The molecular formula is C21H17FN4O3S. The van der Waals surface area contributed by atoms with Crippen LogP contribution >= 0.6 is 11.8 Å². The number of nitrogens with zero attached hydrogens (tertiary/aromatic N) is 4. The zero-order valence-electron chi connectivity index (χ0n) is 15.9. The topological polar surface area (TPSA) is 78.7 Å². The number of carbonyl (C=O) groups is 1. The molecule has 1 atom stereocenters. The van der Waals surface area contributed by atoms with Crippen molar-refractivity contribution in [2.45, 2.75) is 16.7 Å². The number of hydrogen-bond donors (Lipinski definition) is 1. The molecule has 0 bridgehead atoms. The Bertz CT molecular complexity index is 1250. The number of amides is 1. The van der Waals surface area contributed by atoms with Crippen LogP contribution in [0.1, 0.15) is 33.2 Å². The van der Waals surface area contributed by atoms with Gasteiger partial charge in [0.15, 0.2) is 11.4 Å². The number of aromatic hydroxyl groups is 1. The fourth-order valence-electron chi connectivity index (χ4n) is 4.00. The van der Waals surface area contributed by atoms with Crippen LogP contribution in [0.3, 0.4) is 0 Å². The average molecular weight is 424 g/mol. The molecule has 0 saturated heterocycles. The third-order valence-corrected chi connectivity index (χ3v) is 6.54. The summed E-state index contributed by atoms with van der Waals surface area (Å²) in [6.45, 7) is 0.0958. The Hall–Kier alpha value is -3.33. The van der Waals surface area contributed by atoms with Gasteiger partial charge in [-0.05, 0) is 23.3 Å². The molecule has 3 aromatic rings. The van der Waals surface area contributed by atoms with Crippen LogP contribution in [0, 0.1) is 5.82 Å². The minimum Gasteiger partial charge on any atom is -0.502 e. The Morgan fingerprint density at radius 3 is 2.80 bits per heavy atom. The lowest BCUT2D eigenvalue weighted by atomic mass is 9.94. The van der Waals surface area contributed by atoms with Crippen molar-refractivity contribution in [3.8, 4) is 5.75 Å². The molecule has 3 heterocycles. The zero-order valence-corrected chi connectivity index (χ0v) is 16.8. The first-order chi connectivity index (χ1) is 14.5. The summed E-state index contributed by atoms with van der Waals surface area (Å²) in [5, 5.41) is 16.1. The van der Waals surface area contributed by atoms with E-state index in [1.807, 2.05) is 30.3 Å². The predicted molar refractivity (Wildman–Crippen MR) is 110 cm³/mol. The molecular weight excluding hydrogens is 407 g/mol. The summed E-state index contributed by atoms with van der Waals surface area (Å²) in [5.41, 5.74) is 1.22. The van der Waals surface area contributed by atoms with E-state index in [1.54, 1.807) is 29.9 Å². The van der Waals surface area contributed by atoms with Crippen molar-refractivity contribution < 1.29 is 14.3 Å². The highest BCUT2D eigenvalue weighted by atomic mass is 32.2. The van der Waals surface area contributed by atoms with Gasteiger partial charge >= 0.3 is 0 Å². The van der Waals surface area contributed by atoms with Crippen LogP contribution in [0.2, 0.25) is 0 Å². The van der Waals surface area contributed by atoms with Gasteiger partial charge in [0.05, 0.1) is 0 Å². The summed E-state index contributed by atoms with van der Waals surface area (Å²) in [4.78, 5) is 28.3. The Kier molecular flexibility index (Phi) is 4.28. The van der Waals surface area contributed by atoms with Gasteiger partial charge in [-0.2, -0.15) is 9.89 Å². The monoisotopic (exact) mass is 424 g/mol. The molecule has 0 fully saturated rings. The van der Waals surface area contributed by atoms with Gasteiger partial charge in [-0.1, -0.05) is 30.3 Å². The maximum atomic E-state index is 15.2. The molecule has 1 amide bonds. The van der Waals surface area contributed by atoms with Gasteiger partial charge in [-0.25, -0.2) is 4.39 Å². The van der Waals surface area contributed by atoms with E-state index in [4.69, 9.17) is 0 Å². The molecule has 0 radical (unpaired) electrons. The van der Waals surface area contributed by atoms with Gasteiger partial charge < -0.3 is 10.0 Å². The average Bonchev–Trinajstić information content (AvgIpc) is 2.91. The quantitative estimate of drug-likeness (QED) is 0.647. The first-order valence-corrected chi connectivity index (χ1v) is 10.3. The normalized spacial score (nSPS) is 17.8. The van der Waals surface area contributed by atoms with Crippen molar-refractivity contribution in [3.63, 3.8) is 0 Å². The van der Waals surface area contributed by atoms with E-state index in [0.29, 0.717) is 11.3 Å². The molecule has 2 aliphatic heterocycles. The van der Waals surface area contributed by atoms with Gasteiger partial charge in [-0.15, -0.1) is 11.8 Å². The molecule has 0 spiro atoms. The Labute approximate surface area is 175 Å². The number of carbonyl (C=O) groups excluding carboxylic acids is 1. The molecule has 2 aromatic carbocycles. The lowest BCUT2D eigenvalue weighted by Crippen LogP contribution is -2.55. The van der Waals surface area contributed by atoms with Crippen LogP contribution < -0.4 is 10.4 Å². The second-order valence-electron chi connectivity index (χ2n) is 7.22. The number of halogens is 1. The van der Waals surface area contributed by atoms with Crippen LogP contribution in [0.4, 0.5) is 4.39 Å². The number of rotatable bonds is 1. The molecule has 0 saturated carbocycles. The maximum absolute atomic E-state index is 15.2. The molecule has 5 rings (SSSR count). The van der Waals surface area contributed by atoms with E-state index in [2.05, 4.69) is 5.10 Å². The first-order valence-electron chi connectivity index (χ1n) is 9.30. The van der Waals surface area contributed by atoms with Crippen molar-refractivity contribution in [3.05, 3.63) is 87.1 Å².